The van der Waals surface area contributed by atoms with Crippen molar-refractivity contribution < 1.29 is 14.6 Å². The van der Waals surface area contributed by atoms with E-state index in [0.29, 0.717) is 0 Å². The number of nitrogens with one attached hydrogen (secondary N) is 1. The van der Waals surface area contributed by atoms with Crippen molar-refractivity contribution in [3.05, 3.63) is 23.8 Å². The van der Waals surface area contributed by atoms with E-state index in [1.54, 1.807) is 14.2 Å². The maximum absolute atomic E-state index is 10.5. The number of hydrogen-bond acceptors (Lipinski definition) is 5. The monoisotopic (exact) mass is 306 g/mol. The first-order valence-corrected chi connectivity index (χ1v) is 7.86. The fourth-order valence-electron chi connectivity index (χ4n) is 3.95. The largest absolute Gasteiger partial charge is 0.493 e. The number of piperidine rings is 1. The minimum atomic E-state index is -0.248. The van der Waals surface area contributed by atoms with E-state index in [2.05, 4.69) is 30.1 Å². The van der Waals surface area contributed by atoms with E-state index in [-0.39, 0.29) is 23.6 Å². The van der Waals surface area contributed by atoms with Gasteiger partial charge in [0, 0.05) is 25.0 Å². The van der Waals surface area contributed by atoms with Crippen molar-refractivity contribution in [1.82, 2.24) is 10.2 Å². The van der Waals surface area contributed by atoms with E-state index >= 15 is 0 Å². The molecule has 122 valence electrons. The first-order chi connectivity index (χ1) is 10.5. The highest BCUT2D eigenvalue weighted by molar-refractivity contribution is 5.43. The Morgan fingerprint density at radius 1 is 1.27 bits per heavy atom. The van der Waals surface area contributed by atoms with Crippen molar-refractivity contribution in [3.63, 3.8) is 0 Å². The number of benzene rings is 1. The van der Waals surface area contributed by atoms with Crippen LogP contribution >= 0.6 is 0 Å². The standard InChI is InChI=1S/C17H26N2O3/c1-11-8-19-10-17(2,15(11)20)9-18-16(19)12-5-6-13(21-3)14(7-12)22-4/h5-7,11,15-16,18,20H,8-10H2,1-4H3/t11-,15-,16-,17+/m1/s1. The first-order valence-electron chi connectivity index (χ1n) is 7.86. The number of rotatable bonds is 3. The molecule has 1 unspecified atom stereocenters. The lowest BCUT2D eigenvalue weighted by molar-refractivity contribution is -0.114. The molecule has 2 bridgehead atoms. The minimum Gasteiger partial charge on any atom is -0.493 e. The van der Waals surface area contributed by atoms with E-state index in [1.165, 1.54) is 5.56 Å². The zero-order valence-corrected chi connectivity index (χ0v) is 13.8. The predicted molar refractivity (Wildman–Crippen MR) is 85.1 cm³/mol. The maximum Gasteiger partial charge on any atom is 0.161 e. The molecule has 2 fully saturated rings. The van der Waals surface area contributed by atoms with Gasteiger partial charge in [-0.15, -0.1) is 0 Å². The average Bonchev–Trinajstić information content (AvgIpc) is 2.52. The van der Waals surface area contributed by atoms with Crippen LogP contribution in [0, 0.1) is 11.3 Å². The summed E-state index contributed by atoms with van der Waals surface area (Å²) in [6.07, 6.45) is -0.0922. The summed E-state index contributed by atoms with van der Waals surface area (Å²) in [5.74, 6) is 1.78. The Labute approximate surface area is 132 Å². The number of aliphatic hydroxyl groups is 1. The van der Waals surface area contributed by atoms with Crippen molar-refractivity contribution in [2.45, 2.75) is 26.1 Å². The predicted octanol–water partition coefficient (Wildman–Crippen LogP) is 1.62. The van der Waals surface area contributed by atoms with E-state index in [1.807, 2.05) is 12.1 Å². The van der Waals surface area contributed by atoms with E-state index in [9.17, 15) is 5.11 Å². The van der Waals surface area contributed by atoms with Gasteiger partial charge in [-0.2, -0.15) is 0 Å². The Balaban J connectivity index is 1.87. The van der Waals surface area contributed by atoms with Gasteiger partial charge in [0.2, 0.25) is 0 Å². The first kappa shape index (κ1) is 15.6. The van der Waals surface area contributed by atoms with Crippen LogP contribution in [-0.2, 0) is 0 Å². The Kier molecular flexibility index (Phi) is 4.05. The highest BCUT2D eigenvalue weighted by Gasteiger charge is 2.47. The van der Waals surface area contributed by atoms with Crippen LogP contribution in [0.5, 0.6) is 11.5 Å². The Hall–Kier alpha value is -1.30. The van der Waals surface area contributed by atoms with Gasteiger partial charge in [-0.05, 0) is 23.6 Å². The molecule has 0 saturated carbocycles. The van der Waals surface area contributed by atoms with Crippen LogP contribution in [-0.4, -0.2) is 50.0 Å². The molecule has 0 spiro atoms. The van der Waals surface area contributed by atoms with Gasteiger partial charge in [0.15, 0.2) is 11.5 Å². The summed E-state index contributed by atoms with van der Waals surface area (Å²) >= 11 is 0. The second-order valence-corrected chi connectivity index (χ2v) is 6.90. The highest BCUT2D eigenvalue weighted by Crippen LogP contribution is 2.41. The smallest absolute Gasteiger partial charge is 0.161 e. The summed E-state index contributed by atoms with van der Waals surface area (Å²) in [7, 11) is 3.31. The third-order valence-electron chi connectivity index (χ3n) is 5.13. The molecule has 22 heavy (non-hydrogen) atoms. The van der Waals surface area contributed by atoms with Crippen molar-refractivity contribution >= 4 is 0 Å². The second kappa shape index (κ2) is 5.72. The second-order valence-electron chi connectivity index (χ2n) is 6.90. The summed E-state index contributed by atoms with van der Waals surface area (Å²) in [5.41, 5.74) is 1.09. The van der Waals surface area contributed by atoms with Crippen LogP contribution in [0.4, 0.5) is 0 Å². The molecule has 0 radical (unpaired) electrons. The van der Waals surface area contributed by atoms with E-state index in [0.717, 1.165) is 31.1 Å². The van der Waals surface area contributed by atoms with Crippen LogP contribution in [0.2, 0.25) is 0 Å². The fourth-order valence-corrected chi connectivity index (χ4v) is 3.95. The van der Waals surface area contributed by atoms with Gasteiger partial charge in [0.25, 0.3) is 0 Å². The molecule has 0 aromatic heterocycles. The number of aliphatic hydroxyl groups excluding tert-OH is 1. The molecule has 2 heterocycles. The molecule has 2 saturated heterocycles. The number of hydrogen-bond donors (Lipinski definition) is 2. The minimum absolute atomic E-state index is 0.0786. The zero-order chi connectivity index (χ0) is 15.9. The SMILES string of the molecule is COc1ccc([C@@H]2NC[C@@]3(C)CN2C[C@@H](C)[C@H]3O)cc1OC. The van der Waals surface area contributed by atoms with Crippen molar-refractivity contribution in [2.24, 2.45) is 11.3 Å². The van der Waals surface area contributed by atoms with Gasteiger partial charge in [0.05, 0.1) is 26.5 Å². The van der Waals surface area contributed by atoms with Crippen LogP contribution < -0.4 is 14.8 Å². The normalized spacial score (nSPS) is 37.7. The maximum atomic E-state index is 10.5. The molecule has 0 aliphatic carbocycles. The molecule has 5 heteroatoms. The third-order valence-corrected chi connectivity index (χ3v) is 5.13. The molecule has 1 aromatic carbocycles. The molecule has 1 aromatic rings. The van der Waals surface area contributed by atoms with Crippen LogP contribution in [0.3, 0.4) is 0 Å². The van der Waals surface area contributed by atoms with Gasteiger partial charge >= 0.3 is 0 Å². The van der Waals surface area contributed by atoms with Gasteiger partial charge in [-0.1, -0.05) is 19.9 Å². The number of fused-ring (bicyclic) bond motifs is 2. The summed E-state index contributed by atoms with van der Waals surface area (Å²) in [4.78, 5) is 2.42. The van der Waals surface area contributed by atoms with Crippen molar-refractivity contribution in [3.8, 4) is 11.5 Å². The molecular formula is C17H26N2O3. The van der Waals surface area contributed by atoms with E-state index < -0.39 is 0 Å². The van der Waals surface area contributed by atoms with Crippen molar-refractivity contribution in [1.29, 1.82) is 0 Å². The Morgan fingerprint density at radius 2 is 2.00 bits per heavy atom. The molecule has 3 rings (SSSR count). The molecular weight excluding hydrogens is 280 g/mol. The summed E-state index contributed by atoms with van der Waals surface area (Å²) < 4.78 is 10.7. The van der Waals surface area contributed by atoms with Gasteiger partial charge in [0.1, 0.15) is 0 Å². The summed E-state index contributed by atoms with van der Waals surface area (Å²) in [5, 5.41) is 14.0. The highest BCUT2D eigenvalue weighted by atomic mass is 16.5. The molecule has 2 aliphatic heterocycles. The lowest BCUT2D eigenvalue weighted by atomic mass is 9.72. The number of nitrogens with zero attached hydrogens (tertiary/aromatic N) is 1. The average molecular weight is 306 g/mol. The lowest BCUT2D eigenvalue weighted by Crippen LogP contribution is -2.65. The molecule has 5 nitrogen and oxygen atoms in total. The molecule has 2 aliphatic rings. The van der Waals surface area contributed by atoms with Gasteiger partial charge < -0.3 is 14.6 Å². The molecule has 5 atom stereocenters. The zero-order valence-electron chi connectivity index (χ0n) is 13.8. The number of ether oxygens (including phenoxy) is 2. The number of methoxy groups -OCH3 is 2. The van der Waals surface area contributed by atoms with E-state index in [4.69, 9.17) is 9.47 Å². The topological polar surface area (TPSA) is 54.0 Å². The summed E-state index contributed by atoms with van der Waals surface area (Å²) in [6, 6.07) is 6.07. The quantitative estimate of drug-likeness (QED) is 0.889. The third kappa shape index (κ3) is 2.47. The van der Waals surface area contributed by atoms with Crippen LogP contribution in [0.1, 0.15) is 25.6 Å². The molecule has 2 N–H and O–H groups in total. The summed E-state index contributed by atoms with van der Waals surface area (Å²) in [6.45, 7) is 6.91. The fraction of sp³-hybridized carbons (Fsp3) is 0.647. The van der Waals surface area contributed by atoms with Gasteiger partial charge in [-0.25, -0.2) is 0 Å². The molecule has 0 amide bonds. The van der Waals surface area contributed by atoms with Crippen LogP contribution in [0.15, 0.2) is 18.2 Å². The van der Waals surface area contributed by atoms with Crippen molar-refractivity contribution in [2.75, 3.05) is 33.9 Å². The van der Waals surface area contributed by atoms with Crippen LogP contribution in [0.25, 0.3) is 0 Å². The lowest BCUT2D eigenvalue weighted by Gasteiger charge is -2.54. The van der Waals surface area contributed by atoms with Gasteiger partial charge in [-0.3, -0.25) is 10.2 Å². The Bertz CT molecular complexity index is 551. The Morgan fingerprint density at radius 3 is 2.68 bits per heavy atom.